The molecule has 0 bridgehead atoms. The van der Waals surface area contributed by atoms with Crippen molar-refractivity contribution < 1.29 is 18.3 Å². The molecule has 9 heteroatoms. The molecular weight excluding hydrogens is 482 g/mol. The van der Waals surface area contributed by atoms with Crippen LogP contribution in [0, 0.1) is 17.0 Å². The quantitative estimate of drug-likeness (QED) is 0.477. The van der Waals surface area contributed by atoms with Gasteiger partial charge >= 0.3 is 6.09 Å². The lowest BCUT2D eigenvalue weighted by Crippen LogP contribution is -2.64. The van der Waals surface area contributed by atoms with Crippen molar-refractivity contribution in [2.45, 2.75) is 51.4 Å². The maximum atomic E-state index is 13.6. The number of hydrogen-bond acceptors (Lipinski definition) is 6. The van der Waals surface area contributed by atoms with Crippen molar-refractivity contribution in [2.24, 2.45) is 5.41 Å². The van der Waals surface area contributed by atoms with E-state index in [9.17, 15) is 13.6 Å². The van der Waals surface area contributed by atoms with Crippen molar-refractivity contribution in [1.29, 1.82) is 0 Å². The van der Waals surface area contributed by atoms with Crippen molar-refractivity contribution in [3.05, 3.63) is 59.7 Å². The van der Waals surface area contributed by atoms with Crippen LogP contribution in [0.25, 0.3) is 10.2 Å². The van der Waals surface area contributed by atoms with E-state index in [4.69, 9.17) is 4.74 Å². The van der Waals surface area contributed by atoms with Crippen molar-refractivity contribution in [3.63, 3.8) is 0 Å². The molecule has 3 aromatic rings. The highest BCUT2D eigenvalue weighted by Crippen LogP contribution is 2.50. The minimum atomic E-state index is -0.257. The predicted molar refractivity (Wildman–Crippen MR) is 136 cm³/mol. The molecule has 2 aliphatic heterocycles. The first-order valence-electron chi connectivity index (χ1n) is 12.5. The Labute approximate surface area is 213 Å². The summed E-state index contributed by atoms with van der Waals surface area (Å²) >= 11 is 1.48. The van der Waals surface area contributed by atoms with Crippen LogP contribution < -0.4 is 4.90 Å². The summed E-state index contributed by atoms with van der Waals surface area (Å²) in [5.41, 5.74) is 2.17. The molecule has 190 valence electrons. The Kier molecular flexibility index (Phi) is 5.87. The fourth-order valence-electron chi connectivity index (χ4n) is 6.17. The summed E-state index contributed by atoms with van der Waals surface area (Å²) in [5, 5.41) is 0.860. The first-order chi connectivity index (χ1) is 17.3. The molecular formula is C27H30F2N4O2S. The molecule has 6 nitrogen and oxygen atoms in total. The summed E-state index contributed by atoms with van der Waals surface area (Å²) in [5.74, 6) is -0.465. The Morgan fingerprint density at radius 2 is 1.72 bits per heavy atom. The minimum absolute atomic E-state index is 0.0195. The molecule has 0 radical (unpaired) electrons. The molecule has 3 aliphatic rings. The number of halogens is 2. The lowest BCUT2D eigenvalue weighted by atomic mass is 9.61. The van der Waals surface area contributed by atoms with Gasteiger partial charge in [-0.1, -0.05) is 23.5 Å². The summed E-state index contributed by atoms with van der Waals surface area (Å²) in [6.07, 6.45) is 1.55. The van der Waals surface area contributed by atoms with E-state index in [1.165, 1.54) is 35.6 Å². The van der Waals surface area contributed by atoms with Crippen LogP contribution in [0.1, 0.15) is 32.3 Å². The highest BCUT2D eigenvalue weighted by molar-refractivity contribution is 7.22. The zero-order valence-corrected chi connectivity index (χ0v) is 21.3. The number of carbonyl (C=O) groups is 1. The van der Waals surface area contributed by atoms with E-state index in [0.29, 0.717) is 13.1 Å². The molecule has 2 atom stereocenters. The summed E-state index contributed by atoms with van der Waals surface area (Å²) in [7, 11) is 0. The number of ether oxygens (including phenoxy) is 1. The molecule has 0 N–H and O–H groups in total. The third-order valence-electron chi connectivity index (χ3n) is 7.77. The fraction of sp³-hybridized carbons (Fsp3) is 0.481. The van der Waals surface area contributed by atoms with E-state index in [-0.39, 0.29) is 41.3 Å². The van der Waals surface area contributed by atoms with Crippen LogP contribution in [0.2, 0.25) is 0 Å². The van der Waals surface area contributed by atoms with Gasteiger partial charge in [0.1, 0.15) is 17.7 Å². The van der Waals surface area contributed by atoms with Gasteiger partial charge in [0.25, 0.3) is 0 Å². The number of likely N-dealkylation sites (tertiary alicyclic amines) is 1. The van der Waals surface area contributed by atoms with Crippen LogP contribution in [0.3, 0.4) is 0 Å². The molecule has 1 amide bonds. The average molecular weight is 513 g/mol. The highest BCUT2D eigenvalue weighted by Gasteiger charge is 2.54. The Hall–Kier alpha value is -2.78. The van der Waals surface area contributed by atoms with Gasteiger partial charge in [-0.25, -0.2) is 18.6 Å². The van der Waals surface area contributed by atoms with E-state index in [1.807, 2.05) is 30.9 Å². The Morgan fingerprint density at radius 3 is 2.42 bits per heavy atom. The topological polar surface area (TPSA) is 48.9 Å². The largest absolute Gasteiger partial charge is 0.446 e. The molecule has 2 aromatic carbocycles. The molecule has 3 fully saturated rings. The van der Waals surface area contributed by atoms with E-state index >= 15 is 0 Å². The maximum Gasteiger partial charge on any atom is 0.410 e. The Balaban J connectivity index is 0.996. The van der Waals surface area contributed by atoms with Crippen LogP contribution >= 0.6 is 11.3 Å². The van der Waals surface area contributed by atoms with Gasteiger partial charge in [-0.05, 0) is 62.6 Å². The summed E-state index contributed by atoms with van der Waals surface area (Å²) in [4.78, 5) is 24.2. The Bertz CT molecular complexity index is 1260. The van der Waals surface area contributed by atoms with E-state index in [2.05, 4.69) is 14.8 Å². The monoisotopic (exact) mass is 512 g/mol. The third kappa shape index (κ3) is 4.43. The van der Waals surface area contributed by atoms with Gasteiger partial charge in [0.2, 0.25) is 0 Å². The standard InChI is InChI=1S/C27H30F2N4O2S/c1-17-12-32(25-30-23-8-7-21(29)9-24(23)36-25)13-18(2)33(17)26(34)35-22-10-27(11-22)15-31(16-27)14-19-3-5-20(28)6-4-19/h3-9,17-18,22H,10-16H2,1-2H3/t17-,18-/m1/s1. The van der Waals surface area contributed by atoms with Crippen molar-refractivity contribution in [1.82, 2.24) is 14.8 Å². The Morgan fingerprint density at radius 1 is 1.06 bits per heavy atom. The van der Waals surface area contributed by atoms with Crippen molar-refractivity contribution in [3.8, 4) is 0 Å². The van der Waals surface area contributed by atoms with Crippen LogP contribution in [0.4, 0.5) is 18.7 Å². The molecule has 36 heavy (non-hydrogen) atoms. The lowest BCUT2D eigenvalue weighted by molar-refractivity contribution is -0.137. The van der Waals surface area contributed by atoms with Gasteiger partial charge in [-0.3, -0.25) is 9.80 Å². The van der Waals surface area contributed by atoms with Gasteiger partial charge in [-0.2, -0.15) is 0 Å². The second-order valence-corrected chi connectivity index (χ2v) is 11.8. The number of nitrogens with zero attached hydrogens (tertiary/aromatic N) is 4. The van der Waals surface area contributed by atoms with E-state index in [1.54, 1.807) is 6.07 Å². The van der Waals surface area contributed by atoms with Gasteiger partial charge < -0.3 is 9.64 Å². The van der Waals surface area contributed by atoms with Crippen LogP contribution in [0.5, 0.6) is 0 Å². The summed E-state index contributed by atoms with van der Waals surface area (Å²) in [6, 6.07) is 11.3. The van der Waals surface area contributed by atoms with Crippen LogP contribution in [-0.4, -0.2) is 65.2 Å². The lowest BCUT2D eigenvalue weighted by Gasteiger charge is -2.58. The van der Waals surface area contributed by atoms with Crippen LogP contribution in [0.15, 0.2) is 42.5 Å². The number of rotatable bonds is 4. The fourth-order valence-corrected chi connectivity index (χ4v) is 7.18. The smallest absolute Gasteiger partial charge is 0.410 e. The normalized spacial score (nSPS) is 24.1. The number of carbonyl (C=O) groups excluding carboxylic acids is 1. The second-order valence-electron chi connectivity index (χ2n) is 10.8. The molecule has 1 aromatic heterocycles. The number of thiazole rings is 1. The number of anilines is 1. The minimum Gasteiger partial charge on any atom is -0.446 e. The number of hydrogen-bond donors (Lipinski definition) is 0. The third-order valence-corrected chi connectivity index (χ3v) is 8.84. The molecule has 1 spiro atoms. The number of fused-ring (bicyclic) bond motifs is 1. The molecule has 0 unspecified atom stereocenters. The molecule has 2 saturated heterocycles. The molecule has 1 aliphatic carbocycles. The number of amides is 1. The first-order valence-corrected chi connectivity index (χ1v) is 13.4. The second kappa shape index (κ2) is 8.95. The van der Waals surface area contributed by atoms with Gasteiger partial charge in [0, 0.05) is 38.1 Å². The molecule has 1 saturated carbocycles. The average Bonchev–Trinajstić information content (AvgIpc) is 3.20. The first kappa shape index (κ1) is 23.6. The van der Waals surface area contributed by atoms with E-state index < -0.39 is 0 Å². The van der Waals surface area contributed by atoms with Gasteiger partial charge in [-0.15, -0.1) is 0 Å². The number of piperazine rings is 1. The van der Waals surface area contributed by atoms with Crippen molar-refractivity contribution >= 4 is 32.8 Å². The molecule has 3 heterocycles. The van der Waals surface area contributed by atoms with Gasteiger partial charge in [0.15, 0.2) is 5.13 Å². The summed E-state index contributed by atoms with van der Waals surface area (Å²) < 4.78 is 33.4. The van der Waals surface area contributed by atoms with Crippen molar-refractivity contribution in [2.75, 3.05) is 31.1 Å². The predicted octanol–water partition coefficient (Wildman–Crippen LogP) is 5.27. The maximum absolute atomic E-state index is 13.6. The zero-order valence-electron chi connectivity index (χ0n) is 20.5. The zero-order chi connectivity index (χ0) is 25.0. The molecule has 6 rings (SSSR count). The number of benzene rings is 2. The van der Waals surface area contributed by atoms with E-state index in [0.717, 1.165) is 53.4 Å². The SMILES string of the molecule is C[C@@H]1CN(c2nc3ccc(F)cc3s2)C[C@@H](C)N1C(=O)OC1CC2(C1)CN(Cc1ccc(F)cc1)C2. The number of aromatic nitrogens is 1. The van der Waals surface area contributed by atoms with Crippen LogP contribution in [-0.2, 0) is 11.3 Å². The van der Waals surface area contributed by atoms with Gasteiger partial charge in [0.05, 0.1) is 22.3 Å². The highest BCUT2D eigenvalue weighted by atomic mass is 32.1. The summed E-state index contributed by atoms with van der Waals surface area (Å²) in [6.45, 7) is 8.22.